The normalized spacial score (nSPS) is 17.7. The van der Waals surface area contributed by atoms with E-state index >= 15 is 0 Å². The van der Waals surface area contributed by atoms with Gasteiger partial charge in [-0.3, -0.25) is 9.36 Å². The maximum Gasteiger partial charge on any atom is 0.416 e. The quantitative estimate of drug-likeness (QED) is 0.591. The van der Waals surface area contributed by atoms with E-state index in [-0.39, 0.29) is 30.8 Å². The van der Waals surface area contributed by atoms with Gasteiger partial charge < -0.3 is 13.9 Å². The van der Waals surface area contributed by atoms with Crippen molar-refractivity contribution in [3.8, 4) is 0 Å². The molecule has 1 aromatic rings. The van der Waals surface area contributed by atoms with Gasteiger partial charge in [-0.15, -0.1) is 0 Å². The molecule has 1 aromatic carbocycles. The Kier molecular flexibility index (Phi) is 6.53. The first kappa shape index (κ1) is 20.9. The second-order valence-corrected chi connectivity index (χ2v) is 8.23. The number of carbonyl (C=O) groups is 1. The monoisotopic (exact) mass is 393 g/mol. The van der Waals surface area contributed by atoms with Crippen LogP contribution in [-0.2, 0) is 19.8 Å². The van der Waals surface area contributed by atoms with Crippen molar-refractivity contribution in [3.05, 3.63) is 34.9 Å². The zero-order valence-corrected chi connectivity index (χ0v) is 15.9. The number of alkyl halides is 3. The Bertz CT molecular complexity index is 698. The first-order valence-corrected chi connectivity index (χ1v) is 10.2. The summed E-state index contributed by atoms with van der Waals surface area (Å²) < 4.78 is 61.9. The summed E-state index contributed by atoms with van der Waals surface area (Å²) in [6.45, 7) is 3.92. The fourth-order valence-corrected chi connectivity index (χ4v) is 4.83. The Morgan fingerprint density at radius 2 is 1.81 bits per heavy atom. The molecule has 0 saturated heterocycles. The largest absolute Gasteiger partial charge is 0.416 e. The van der Waals surface area contributed by atoms with Gasteiger partial charge in [-0.05, 0) is 50.5 Å². The molecule has 0 aromatic heterocycles. The van der Waals surface area contributed by atoms with Crippen LogP contribution in [0.3, 0.4) is 0 Å². The minimum Gasteiger partial charge on any atom is -0.335 e. The summed E-state index contributed by atoms with van der Waals surface area (Å²) in [6, 6.07) is 2.69. The number of fused-ring (bicyclic) bond motifs is 1. The molecule has 0 spiro atoms. The van der Waals surface area contributed by atoms with E-state index in [9.17, 15) is 22.5 Å². The zero-order valence-electron chi connectivity index (χ0n) is 15.0. The van der Waals surface area contributed by atoms with Crippen molar-refractivity contribution in [2.24, 2.45) is 0 Å². The zero-order chi connectivity index (χ0) is 19.5. The van der Waals surface area contributed by atoms with E-state index in [1.165, 1.54) is 11.0 Å². The highest BCUT2D eigenvalue weighted by molar-refractivity contribution is 7.53. The number of hydrogen-bond donors (Lipinski definition) is 0. The molecule has 0 radical (unpaired) electrons. The SMILES string of the molecule is CCOP(=O)(CCCC1c2cc(C(F)(F)F)ccc2C(=O)N1C)OCC. The predicted octanol–water partition coefficient (Wildman–Crippen LogP) is 4.88. The summed E-state index contributed by atoms with van der Waals surface area (Å²) >= 11 is 0. The summed E-state index contributed by atoms with van der Waals surface area (Å²) in [6.07, 6.45) is -3.54. The van der Waals surface area contributed by atoms with E-state index in [1.54, 1.807) is 20.9 Å². The lowest BCUT2D eigenvalue weighted by Crippen LogP contribution is -2.23. The number of carbonyl (C=O) groups excluding carboxylic acids is 1. The van der Waals surface area contributed by atoms with Crippen LogP contribution in [0.25, 0.3) is 0 Å². The minimum atomic E-state index is -4.47. The molecule has 1 aliphatic rings. The maximum atomic E-state index is 13.0. The summed E-state index contributed by atoms with van der Waals surface area (Å²) in [7, 11) is -1.65. The second-order valence-electron chi connectivity index (χ2n) is 6.04. The third-order valence-corrected chi connectivity index (χ3v) is 6.48. The van der Waals surface area contributed by atoms with E-state index in [0.717, 1.165) is 12.1 Å². The van der Waals surface area contributed by atoms with E-state index in [4.69, 9.17) is 9.05 Å². The summed E-state index contributed by atoms with van der Waals surface area (Å²) in [5.41, 5.74) is -0.142. The second kappa shape index (κ2) is 8.11. The van der Waals surface area contributed by atoms with Gasteiger partial charge in [0.15, 0.2) is 0 Å². The fraction of sp³-hybridized carbons (Fsp3) is 0.588. The lowest BCUT2D eigenvalue weighted by Gasteiger charge is -2.22. The molecule has 0 aliphatic carbocycles. The summed E-state index contributed by atoms with van der Waals surface area (Å²) in [5.74, 6) is -0.309. The van der Waals surface area contributed by atoms with Gasteiger partial charge >= 0.3 is 13.8 Å². The number of hydrogen-bond acceptors (Lipinski definition) is 4. The fourth-order valence-electron chi connectivity index (χ4n) is 3.14. The smallest absolute Gasteiger partial charge is 0.335 e. The highest BCUT2D eigenvalue weighted by Gasteiger charge is 2.38. The van der Waals surface area contributed by atoms with Gasteiger partial charge in [0.2, 0.25) is 0 Å². The van der Waals surface area contributed by atoms with Crippen LogP contribution in [0.4, 0.5) is 13.2 Å². The van der Waals surface area contributed by atoms with Gasteiger partial charge in [0, 0.05) is 12.6 Å². The number of amides is 1. The van der Waals surface area contributed by atoms with Crippen LogP contribution in [0.1, 0.15) is 54.2 Å². The number of benzene rings is 1. The predicted molar refractivity (Wildman–Crippen MR) is 91.2 cm³/mol. The third kappa shape index (κ3) is 4.48. The van der Waals surface area contributed by atoms with Gasteiger partial charge in [-0.2, -0.15) is 13.2 Å². The van der Waals surface area contributed by atoms with Crippen molar-refractivity contribution in [2.75, 3.05) is 26.4 Å². The first-order valence-electron chi connectivity index (χ1n) is 8.49. The Morgan fingerprint density at radius 1 is 1.19 bits per heavy atom. The molecule has 5 nitrogen and oxygen atoms in total. The van der Waals surface area contributed by atoms with Crippen LogP contribution in [0.2, 0.25) is 0 Å². The molecule has 0 fully saturated rings. The lowest BCUT2D eigenvalue weighted by molar-refractivity contribution is -0.137. The average molecular weight is 393 g/mol. The molecule has 1 unspecified atom stereocenters. The Hall–Kier alpha value is -1.37. The van der Waals surface area contributed by atoms with Crippen molar-refractivity contribution in [2.45, 2.75) is 38.9 Å². The molecule has 0 bridgehead atoms. The summed E-state index contributed by atoms with van der Waals surface area (Å²) in [4.78, 5) is 13.7. The van der Waals surface area contributed by atoms with Gasteiger partial charge in [0.25, 0.3) is 5.91 Å². The topological polar surface area (TPSA) is 55.8 Å². The molecule has 1 atom stereocenters. The van der Waals surface area contributed by atoms with Crippen LogP contribution in [-0.4, -0.2) is 37.2 Å². The van der Waals surface area contributed by atoms with Gasteiger partial charge in [0.1, 0.15) is 0 Å². The van der Waals surface area contributed by atoms with Gasteiger partial charge in [-0.1, -0.05) is 0 Å². The van der Waals surface area contributed by atoms with Crippen molar-refractivity contribution in [1.29, 1.82) is 0 Å². The van der Waals surface area contributed by atoms with Crippen LogP contribution in [0.5, 0.6) is 0 Å². The molecule has 1 amide bonds. The van der Waals surface area contributed by atoms with Crippen molar-refractivity contribution >= 4 is 13.5 Å². The maximum absolute atomic E-state index is 13.0. The van der Waals surface area contributed by atoms with Crippen LogP contribution >= 0.6 is 7.60 Å². The lowest BCUT2D eigenvalue weighted by atomic mass is 9.98. The van der Waals surface area contributed by atoms with E-state index in [1.807, 2.05) is 0 Å². The molecular weight excluding hydrogens is 370 g/mol. The Labute approximate surface area is 151 Å². The van der Waals surface area contributed by atoms with Crippen LogP contribution in [0.15, 0.2) is 18.2 Å². The molecule has 9 heteroatoms. The molecule has 1 heterocycles. The minimum absolute atomic E-state index is 0.154. The number of rotatable bonds is 8. The van der Waals surface area contributed by atoms with E-state index < -0.39 is 25.4 Å². The van der Waals surface area contributed by atoms with E-state index in [2.05, 4.69) is 0 Å². The molecule has 2 rings (SSSR count). The Balaban J connectivity index is 2.16. The average Bonchev–Trinajstić information content (AvgIpc) is 2.79. The number of halogens is 3. The standard InChI is InChI=1S/C17H23F3NO4P/c1-4-24-26(23,25-5-2)10-6-7-15-14-11-12(17(18,19)20)8-9-13(14)16(22)21(15)3/h8-9,11,15H,4-7,10H2,1-3H3. The highest BCUT2D eigenvalue weighted by atomic mass is 31.2. The molecule has 1 aliphatic heterocycles. The Morgan fingerprint density at radius 3 is 2.35 bits per heavy atom. The van der Waals surface area contributed by atoms with Crippen molar-refractivity contribution in [1.82, 2.24) is 4.90 Å². The molecule has 0 N–H and O–H groups in total. The molecule has 0 saturated carbocycles. The van der Waals surface area contributed by atoms with Gasteiger partial charge in [0.05, 0.1) is 31.0 Å². The highest BCUT2D eigenvalue weighted by Crippen LogP contribution is 2.49. The molecule has 146 valence electrons. The van der Waals surface area contributed by atoms with Gasteiger partial charge in [-0.25, -0.2) is 0 Å². The van der Waals surface area contributed by atoms with Crippen LogP contribution < -0.4 is 0 Å². The molecule has 26 heavy (non-hydrogen) atoms. The van der Waals surface area contributed by atoms with Crippen molar-refractivity contribution < 1.29 is 31.6 Å². The van der Waals surface area contributed by atoms with E-state index in [0.29, 0.717) is 18.4 Å². The summed E-state index contributed by atoms with van der Waals surface area (Å²) in [5, 5.41) is 0. The third-order valence-electron chi connectivity index (χ3n) is 4.32. The first-order chi connectivity index (χ1) is 12.1. The van der Waals surface area contributed by atoms with Crippen molar-refractivity contribution in [3.63, 3.8) is 0 Å². The number of nitrogens with zero attached hydrogens (tertiary/aromatic N) is 1. The van der Waals surface area contributed by atoms with Crippen LogP contribution in [0, 0.1) is 0 Å². The molecular formula is C17H23F3NO4P.